The van der Waals surface area contributed by atoms with E-state index < -0.39 is 113 Å². The standard InChI is InChI=1S/C53H102NO17P/c1-3-5-7-9-11-13-15-17-19-20-22-24-26-28-30-32-34-36-43(57)68-40(38-66-42(56)35-33-31-29-27-25-23-21-18-16-14-12-10-8-6-4-2)39-67-72(64,65)71-52-50(63)48(61)47(60)49(62)51(52)70-53-44(54)46(59)45(58)41(37-55)69-53/h40-41,44-53,55,58-63H,3-39,54H2,1-2H3,(H,64,65)/t40-,41-,44-,45-,46-,47-,48-,49+,50-,51-,52-,53-/m1/s1. The molecule has 19 heteroatoms. The van der Waals surface area contributed by atoms with Crippen LogP contribution in [0.5, 0.6) is 0 Å². The molecule has 426 valence electrons. The lowest BCUT2D eigenvalue weighted by Crippen LogP contribution is -2.68. The van der Waals surface area contributed by atoms with Crippen LogP contribution in [0.4, 0.5) is 0 Å². The van der Waals surface area contributed by atoms with Gasteiger partial charge in [0, 0.05) is 12.8 Å². The summed E-state index contributed by atoms with van der Waals surface area (Å²) >= 11 is 0. The van der Waals surface area contributed by atoms with Gasteiger partial charge in [0.05, 0.1) is 19.3 Å². The molecule has 0 radical (unpaired) electrons. The molecule has 1 saturated heterocycles. The van der Waals surface area contributed by atoms with Crippen LogP contribution in [0.2, 0.25) is 0 Å². The van der Waals surface area contributed by atoms with Gasteiger partial charge in [-0.05, 0) is 12.8 Å². The number of carbonyl (C=O) groups is 2. The molecule has 1 aliphatic heterocycles. The van der Waals surface area contributed by atoms with Gasteiger partial charge in [-0.2, -0.15) is 0 Å². The highest BCUT2D eigenvalue weighted by molar-refractivity contribution is 7.47. The number of esters is 2. The Morgan fingerprint density at radius 3 is 1.29 bits per heavy atom. The lowest BCUT2D eigenvalue weighted by Gasteiger charge is -2.47. The highest BCUT2D eigenvalue weighted by Crippen LogP contribution is 2.48. The van der Waals surface area contributed by atoms with Gasteiger partial charge < -0.3 is 65.3 Å². The Bertz CT molecular complexity index is 1400. The number of rotatable bonds is 45. The largest absolute Gasteiger partial charge is 0.472 e. The minimum atomic E-state index is -5.34. The third-order valence-electron chi connectivity index (χ3n) is 14.1. The minimum Gasteiger partial charge on any atom is -0.462 e. The van der Waals surface area contributed by atoms with Gasteiger partial charge in [-0.3, -0.25) is 18.6 Å². The Labute approximate surface area is 432 Å². The monoisotopic (exact) mass is 1060 g/mol. The van der Waals surface area contributed by atoms with Crippen molar-refractivity contribution in [3.8, 4) is 0 Å². The lowest BCUT2D eigenvalue weighted by molar-refractivity contribution is -0.315. The molecule has 1 heterocycles. The molecular weight excluding hydrogens is 954 g/mol. The first-order valence-corrected chi connectivity index (χ1v) is 29.9. The van der Waals surface area contributed by atoms with Crippen molar-refractivity contribution in [2.24, 2.45) is 5.73 Å². The fraction of sp³-hybridized carbons (Fsp3) is 0.962. The molecular formula is C53H102NO17P. The molecule has 0 spiro atoms. The number of unbranched alkanes of at least 4 members (excludes halogenated alkanes) is 30. The van der Waals surface area contributed by atoms with Crippen LogP contribution in [0.1, 0.15) is 232 Å². The predicted molar refractivity (Wildman–Crippen MR) is 274 cm³/mol. The SMILES string of the molecule is CCCCCCCCCCCCCCCCCCCC(=O)O[C@H](COC(=O)CCCCCCCCCCCCCCCCC)COP(=O)(O)O[C@@H]1[C@H](O)[C@H](O)[C@@H](O)[C@H](O)[C@H]1O[C@H]1O[C@H](CO)[C@@H](O)[C@H](O)[C@H]1N. The van der Waals surface area contributed by atoms with Gasteiger partial charge >= 0.3 is 19.8 Å². The lowest BCUT2D eigenvalue weighted by atomic mass is 9.84. The second kappa shape index (κ2) is 40.8. The van der Waals surface area contributed by atoms with E-state index in [2.05, 4.69) is 13.8 Å². The van der Waals surface area contributed by atoms with Crippen LogP contribution in [0, 0.1) is 0 Å². The van der Waals surface area contributed by atoms with E-state index in [0.29, 0.717) is 12.8 Å². The number of carbonyl (C=O) groups excluding carboxylic acids is 2. The summed E-state index contributed by atoms with van der Waals surface area (Å²) in [5, 5.41) is 73.0. The molecule has 0 aromatic heterocycles. The van der Waals surface area contributed by atoms with Crippen molar-refractivity contribution >= 4 is 19.8 Å². The second-order valence-corrected chi connectivity index (χ2v) is 22.0. The van der Waals surface area contributed by atoms with Gasteiger partial charge in [-0.15, -0.1) is 0 Å². The number of aliphatic hydroxyl groups is 7. The van der Waals surface area contributed by atoms with E-state index in [0.717, 1.165) is 51.4 Å². The van der Waals surface area contributed by atoms with E-state index in [9.17, 15) is 54.8 Å². The van der Waals surface area contributed by atoms with Gasteiger partial charge in [0.2, 0.25) is 0 Å². The first kappa shape index (κ1) is 66.8. The number of hydrogen-bond donors (Lipinski definition) is 9. The molecule has 2 rings (SSSR count). The van der Waals surface area contributed by atoms with Crippen molar-refractivity contribution in [1.82, 2.24) is 0 Å². The molecule has 2 aliphatic rings. The van der Waals surface area contributed by atoms with Crippen LogP contribution >= 0.6 is 7.82 Å². The number of hydrogen-bond acceptors (Lipinski definition) is 17. The third kappa shape index (κ3) is 28.7. The van der Waals surface area contributed by atoms with Gasteiger partial charge in [0.15, 0.2) is 12.4 Å². The smallest absolute Gasteiger partial charge is 0.462 e. The maximum atomic E-state index is 13.5. The first-order chi connectivity index (χ1) is 34.7. The molecule has 1 aliphatic carbocycles. The molecule has 0 bridgehead atoms. The van der Waals surface area contributed by atoms with E-state index in [1.807, 2.05) is 0 Å². The van der Waals surface area contributed by atoms with Crippen LogP contribution in [-0.2, 0) is 42.1 Å². The topological polar surface area (TPSA) is 294 Å². The van der Waals surface area contributed by atoms with Crippen LogP contribution in [0.3, 0.4) is 0 Å². The van der Waals surface area contributed by atoms with Crippen LogP contribution in [0.25, 0.3) is 0 Å². The number of nitrogens with two attached hydrogens (primary N) is 1. The summed E-state index contributed by atoms with van der Waals surface area (Å²) in [5.74, 6) is -1.18. The van der Waals surface area contributed by atoms with Crippen molar-refractivity contribution in [3.05, 3.63) is 0 Å². The van der Waals surface area contributed by atoms with Gasteiger partial charge in [-0.25, -0.2) is 4.57 Å². The fourth-order valence-corrected chi connectivity index (χ4v) is 10.4. The highest BCUT2D eigenvalue weighted by atomic mass is 31.2. The summed E-state index contributed by atoms with van der Waals surface area (Å²) in [5.41, 5.74) is 5.97. The van der Waals surface area contributed by atoms with E-state index in [1.54, 1.807) is 0 Å². The van der Waals surface area contributed by atoms with Crippen LogP contribution < -0.4 is 5.73 Å². The zero-order chi connectivity index (χ0) is 53.0. The molecule has 1 saturated carbocycles. The summed E-state index contributed by atoms with van der Waals surface area (Å²) in [6.07, 6.45) is 17.6. The molecule has 2 fully saturated rings. The van der Waals surface area contributed by atoms with Crippen molar-refractivity contribution in [3.63, 3.8) is 0 Å². The number of phosphoric acid groups is 1. The Balaban J connectivity index is 1.89. The Kier molecular flexibility index (Phi) is 37.9. The molecule has 10 N–H and O–H groups in total. The summed E-state index contributed by atoms with van der Waals surface area (Å²) in [6, 6.07) is -1.52. The van der Waals surface area contributed by atoms with Gasteiger partial charge in [0.1, 0.15) is 61.5 Å². The molecule has 0 aromatic rings. The molecule has 0 aromatic carbocycles. The zero-order valence-electron chi connectivity index (χ0n) is 44.4. The average molecular weight is 1060 g/mol. The van der Waals surface area contributed by atoms with Crippen molar-refractivity contribution < 1.29 is 82.8 Å². The number of ether oxygens (including phenoxy) is 4. The second-order valence-electron chi connectivity index (χ2n) is 20.6. The maximum absolute atomic E-state index is 13.5. The fourth-order valence-electron chi connectivity index (χ4n) is 9.46. The molecule has 0 amide bonds. The van der Waals surface area contributed by atoms with E-state index in [1.165, 1.54) is 141 Å². The van der Waals surface area contributed by atoms with Crippen LogP contribution in [0.15, 0.2) is 0 Å². The van der Waals surface area contributed by atoms with Gasteiger partial charge in [-0.1, -0.05) is 206 Å². The molecule has 18 nitrogen and oxygen atoms in total. The summed E-state index contributed by atoms with van der Waals surface area (Å²) in [6.45, 7) is 2.37. The first-order valence-electron chi connectivity index (χ1n) is 28.4. The van der Waals surface area contributed by atoms with Crippen molar-refractivity contribution in [2.45, 2.75) is 306 Å². The minimum absolute atomic E-state index is 0.0507. The predicted octanol–water partition coefficient (Wildman–Crippen LogP) is 7.86. The average Bonchev–Trinajstić information content (AvgIpc) is 3.36. The van der Waals surface area contributed by atoms with E-state index in [4.69, 9.17) is 33.7 Å². The van der Waals surface area contributed by atoms with E-state index in [-0.39, 0.29) is 12.8 Å². The molecule has 72 heavy (non-hydrogen) atoms. The molecule has 1 unspecified atom stereocenters. The summed E-state index contributed by atoms with van der Waals surface area (Å²) < 4.78 is 46.0. The number of phosphoric ester groups is 1. The third-order valence-corrected chi connectivity index (χ3v) is 15.1. The Hall–Kier alpha value is -1.35. The Morgan fingerprint density at radius 1 is 0.514 bits per heavy atom. The van der Waals surface area contributed by atoms with Crippen molar-refractivity contribution in [1.29, 1.82) is 0 Å². The Morgan fingerprint density at radius 2 is 0.889 bits per heavy atom. The van der Waals surface area contributed by atoms with Crippen molar-refractivity contribution in [2.75, 3.05) is 19.8 Å². The van der Waals surface area contributed by atoms with Crippen LogP contribution in [-0.4, -0.2) is 146 Å². The highest BCUT2D eigenvalue weighted by Gasteiger charge is 2.55. The zero-order valence-corrected chi connectivity index (χ0v) is 45.3. The van der Waals surface area contributed by atoms with E-state index >= 15 is 0 Å². The summed E-state index contributed by atoms with van der Waals surface area (Å²) in [4.78, 5) is 36.7. The normalized spacial score (nSPS) is 26.8. The maximum Gasteiger partial charge on any atom is 0.472 e. The number of aliphatic hydroxyl groups excluding tert-OH is 7. The summed E-state index contributed by atoms with van der Waals surface area (Å²) in [7, 11) is -5.34. The van der Waals surface area contributed by atoms with Gasteiger partial charge in [0.25, 0.3) is 0 Å². The quantitative estimate of drug-likeness (QED) is 0.0159. The molecule has 13 atom stereocenters.